The molecular formula is C15H17NOS2. The van der Waals surface area contributed by atoms with E-state index in [1.807, 2.05) is 18.2 Å². The van der Waals surface area contributed by atoms with E-state index in [0.29, 0.717) is 6.54 Å². The Labute approximate surface area is 122 Å². The van der Waals surface area contributed by atoms with Crippen LogP contribution in [0.3, 0.4) is 0 Å². The molecule has 0 saturated carbocycles. The molecule has 0 heterocycles. The Morgan fingerprint density at radius 1 is 1.11 bits per heavy atom. The van der Waals surface area contributed by atoms with Crippen molar-refractivity contribution in [3.63, 3.8) is 0 Å². The topological polar surface area (TPSA) is 35.2 Å². The van der Waals surface area contributed by atoms with E-state index >= 15 is 0 Å². The standard InChI is InChI=1S/C15H17NOS2/c1-17-11-5-3-6-12(9-11)19-15-8-4-7-14(18-2)13(15)10-16/h3-9H,10,16H2,1-2H3. The van der Waals surface area contributed by atoms with E-state index in [-0.39, 0.29) is 0 Å². The van der Waals surface area contributed by atoms with Crippen LogP contribution >= 0.6 is 23.5 Å². The fourth-order valence-electron chi connectivity index (χ4n) is 1.83. The molecule has 2 rings (SSSR count). The molecule has 0 aliphatic rings. The van der Waals surface area contributed by atoms with Crippen molar-refractivity contribution in [2.45, 2.75) is 21.2 Å². The van der Waals surface area contributed by atoms with E-state index < -0.39 is 0 Å². The molecule has 0 spiro atoms. The summed E-state index contributed by atoms with van der Waals surface area (Å²) in [4.78, 5) is 3.62. The molecule has 0 atom stereocenters. The number of benzene rings is 2. The highest BCUT2D eigenvalue weighted by Crippen LogP contribution is 2.35. The van der Waals surface area contributed by atoms with Crippen LogP contribution in [0.4, 0.5) is 0 Å². The highest BCUT2D eigenvalue weighted by Gasteiger charge is 2.08. The molecule has 2 aromatic carbocycles. The van der Waals surface area contributed by atoms with Crippen LogP contribution in [0.15, 0.2) is 57.2 Å². The van der Waals surface area contributed by atoms with Crippen LogP contribution in [0.1, 0.15) is 5.56 Å². The second kappa shape index (κ2) is 6.89. The van der Waals surface area contributed by atoms with Gasteiger partial charge in [0.2, 0.25) is 0 Å². The highest BCUT2D eigenvalue weighted by atomic mass is 32.2. The molecule has 0 aromatic heterocycles. The summed E-state index contributed by atoms with van der Waals surface area (Å²) in [6.45, 7) is 0.559. The predicted molar refractivity (Wildman–Crippen MR) is 83.2 cm³/mol. The van der Waals surface area contributed by atoms with Crippen LogP contribution in [0.25, 0.3) is 0 Å². The predicted octanol–water partition coefficient (Wildman–Crippen LogP) is 4.03. The molecule has 0 saturated heterocycles. The van der Waals surface area contributed by atoms with Crippen molar-refractivity contribution in [3.8, 4) is 5.75 Å². The zero-order chi connectivity index (χ0) is 13.7. The number of nitrogens with two attached hydrogens (primary N) is 1. The van der Waals surface area contributed by atoms with Gasteiger partial charge in [-0.1, -0.05) is 23.9 Å². The van der Waals surface area contributed by atoms with Crippen molar-refractivity contribution >= 4 is 23.5 Å². The van der Waals surface area contributed by atoms with E-state index in [1.54, 1.807) is 30.6 Å². The maximum absolute atomic E-state index is 5.89. The first-order valence-corrected chi connectivity index (χ1v) is 8.00. The van der Waals surface area contributed by atoms with Crippen LogP contribution < -0.4 is 10.5 Å². The third-order valence-corrected chi connectivity index (χ3v) is 4.70. The van der Waals surface area contributed by atoms with Gasteiger partial charge in [-0.15, -0.1) is 11.8 Å². The van der Waals surface area contributed by atoms with Crippen LogP contribution in [0.5, 0.6) is 5.75 Å². The summed E-state index contributed by atoms with van der Waals surface area (Å²) in [7, 11) is 1.68. The molecule has 0 aliphatic heterocycles. The van der Waals surface area contributed by atoms with Gasteiger partial charge >= 0.3 is 0 Å². The summed E-state index contributed by atoms with van der Waals surface area (Å²) in [5.41, 5.74) is 7.10. The van der Waals surface area contributed by atoms with Gasteiger partial charge in [-0.05, 0) is 42.2 Å². The normalized spacial score (nSPS) is 10.5. The number of methoxy groups -OCH3 is 1. The van der Waals surface area contributed by atoms with Crippen molar-refractivity contribution in [2.24, 2.45) is 5.73 Å². The molecular weight excluding hydrogens is 274 g/mol. The van der Waals surface area contributed by atoms with Gasteiger partial charge in [0.1, 0.15) is 5.75 Å². The molecule has 0 unspecified atom stereocenters. The summed E-state index contributed by atoms with van der Waals surface area (Å²) in [5, 5.41) is 0. The lowest BCUT2D eigenvalue weighted by Gasteiger charge is -2.11. The van der Waals surface area contributed by atoms with Gasteiger partial charge < -0.3 is 10.5 Å². The molecule has 0 amide bonds. The number of hydrogen-bond donors (Lipinski definition) is 1. The summed E-state index contributed by atoms with van der Waals surface area (Å²) in [6.07, 6.45) is 2.08. The second-order valence-electron chi connectivity index (χ2n) is 3.92. The number of hydrogen-bond acceptors (Lipinski definition) is 4. The Kier molecular flexibility index (Phi) is 5.19. The molecule has 4 heteroatoms. The maximum Gasteiger partial charge on any atom is 0.119 e. The van der Waals surface area contributed by atoms with Gasteiger partial charge in [0.15, 0.2) is 0 Å². The summed E-state index contributed by atoms with van der Waals surface area (Å²) < 4.78 is 5.25. The van der Waals surface area contributed by atoms with Gasteiger partial charge in [0, 0.05) is 21.2 Å². The Balaban J connectivity index is 2.32. The maximum atomic E-state index is 5.89. The minimum Gasteiger partial charge on any atom is -0.497 e. The fraction of sp³-hybridized carbons (Fsp3) is 0.200. The first-order valence-electron chi connectivity index (χ1n) is 5.96. The zero-order valence-electron chi connectivity index (χ0n) is 11.1. The first-order chi connectivity index (χ1) is 9.28. The Bertz CT molecular complexity index is 558. The van der Waals surface area contributed by atoms with Crippen molar-refractivity contribution in [1.82, 2.24) is 0 Å². The minimum atomic E-state index is 0.559. The third kappa shape index (κ3) is 3.47. The smallest absolute Gasteiger partial charge is 0.119 e. The monoisotopic (exact) mass is 291 g/mol. The van der Waals surface area contributed by atoms with E-state index in [9.17, 15) is 0 Å². The lowest BCUT2D eigenvalue weighted by molar-refractivity contribution is 0.413. The van der Waals surface area contributed by atoms with Gasteiger partial charge in [-0.3, -0.25) is 0 Å². The van der Waals surface area contributed by atoms with Gasteiger partial charge in [0.05, 0.1) is 7.11 Å². The molecule has 0 fully saturated rings. The summed E-state index contributed by atoms with van der Waals surface area (Å²) in [6, 6.07) is 14.4. The zero-order valence-corrected chi connectivity index (χ0v) is 12.7. The van der Waals surface area contributed by atoms with Crippen molar-refractivity contribution in [3.05, 3.63) is 48.0 Å². The highest BCUT2D eigenvalue weighted by molar-refractivity contribution is 8.00. The number of ether oxygens (including phenoxy) is 1. The average Bonchev–Trinajstić information content (AvgIpc) is 2.47. The first kappa shape index (κ1) is 14.3. The molecule has 19 heavy (non-hydrogen) atoms. The van der Waals surface area contributed by atoms with Crippen molar-refractivity contribution in [1.29, 1.82) is 0 Å². The number of rotatable bonds is 5. The van der Waals surface area contributed by atoms with Gasteiger partial charge in [-0.2, -0.15) is 0 Å². The van der Waals surface area contributed by atoms with E-state index in [1.165, 1.54) is 15.4 Å². The van der Waals surface area contributed by atoms with Gasteiger partial charge in [0.25, 0.3) is 0 Å². The van der Waals surface area contributed by atoms with Crippen LogP contribution in [0.2, 0.25) is 0 Å². The molecule has 2 nitrogen and oxygen atoms in total. The third-order valence-electron chi connectivity index (χ3n) is 2.78. The van der Waals surface area contributed by atoms with E-state index in [2.05, 4.69) is 30.5 Å². The molecule has 2 N–H and O–H groups in total. The summed E-state index contributed by atoms with van der Waals surface area (Å²) >= 11 is 3.46. The lowest BCUT2D eigenvalue weighted by Crippen LogP contribution is -2.00. The van der Waals surface area contributed by atoms with Crippen LogP contribution in [-0.4, -0.2) is 13.4 Å². The fourth-order valence-corrected chi connectivity index (χ4v) is 3.58. The van der Waals surface area contributed by atoms with Gasteiger partial charge in [-0.25, -0.2) is 0 Å². The van der Waals surface area contributed by atoms with Crippen molar-refractivity contribution < 1.29 is 4.74 Å². The minimum absolute atomic E-state index is 0.559. The quantitative estimate of drug-likeness (QED) is 0.844. The number of thioether (sulfide) groups is 1. The molecule has 0 radical (unpaired) electrons. The Hall–Kier alpha value is -1.10. The van der Waals surface area contributed by atoms with Crippen LogP contribution in [0, 0.1) is 0 Å². The molecule has 0 aliphatic carbocycles. The average molecular weight is 291 g/mol. The lowest BCUT2D eigenvalue weighted by atomic mass is 10.2. The Morgan fingerprint density at radius 3 is 2.53 bits per heavy atom. The molecule has 0 bridgehead atoms. The molecule has 100 valence electrons. The summed E-state index contributed by atoms with van der Waals surface area (Å²) in [5.74, 6) is 0.875. The Morgan fingerprint density at radius 2 is 1.84 bits per heavy atom. The van der Waals surface area contributed by atoms with Crippen LogP contribution in [-0.2, 0) is 6.54 Å². The van der Waals surface area contributed by atoms with Crippen molar-refractivity contribution in [2.75, 3.05) is 13.4 Å². The SMILES string of the molecule is COc1cccc(Sc2cccc(SC)c2CN)c1. The largest absolute Gasteiger partial charge is 0.497 e. The molecule has 2 aromatic rings. The van der Waals surface area contributed by atoms with E-state index in [0.717, 1.165) is 10.6 Å². The second-order valence-corrected chi connectivity index (χ2v) is 5.89. The van der Waals surface area contributed by atoms with E-state index in [4.69, 9.17) is 10.5 Å².